The fraction of sp³-hybridized carbons (Fsp3) is 0.250. The van der Waals surface area contributed by atoms with Crippen molar-refractivity contribution in [1.82, 2.24) is 20.2 Å². The maximum absolute atomic E-state index is 11.7. The second kappa shape index (κ2) is 8.55. The molecule has 0 radical (unpaired) electrons. The van der Waals surface area contributed by atoms with Gasteiger partial charge in [0.1, 0.15) is 12.1 Å². The maximum atomic E-state index is 11.7. The molecule has 1 N–H and O–H groups in total. The van der Waals surface area contributed by atoms with E-state index in [-0.39, 0.29) is 13.2 Å². The molecule has 1 saturated heterocycles. The zero-order valence-electron chi connectivity index (χ0n) is 16.7. The van der Waals surface area contributed by atoms with Crippen molar-refractivity contribution in [2.45, 2.75) is 14.4 Å². The first kappa shape index (κ1) is 20.5. The molecular weight excluding hydrogens is 388 g/mol. The van der Waals surface area contributed by atoms with Gasteiger partial charge in [0.15, 0.2) is 5.78 Å². The summed E-state index contributed by atoms with van der Waals surface area (Å²) in [5.41, 5.74) is 4.92. The number of anilines is 2. The summed E-state index contributed by atoms with van der Waals surface area (Å²) >= 11 is 0. The molecular formula is C24H26N6O. The number of rotatable bonds is 4. The van der Waals surface area contributed by atoms with Gasteiger partial charge in [-0.05, 0) is 36.8 Å². The van der Waals surface area contributed by atoms with Crippen LogP contribution in [0, 0.1) is 0 Å². The Bertz CT molecular complexity index is 1200. The normalized spacial score (nSPS) is 13.8. The summed E-state index contributed by atoms with van der Waals surface area (Å²) in [6.07, 6.45) is 5.34. The molecule has 0 aliphatic carbocycles. The highest BCUT2D eigenvalue weighted by atomic mass is 16.1. The van der Waals surface area contributed by atoms with E-state index in [1.54, 1.807) is 13.3 Å². The van der Waals surface area contributed by atoms with E-state index in [9.17, 15) is 4.79 Å². The van der Waals surface area contributed by atoms with Gasteiger partial charge in [0.05, 0.1) is 11.7 Å². The highest BCUT2D eigenvalue weighted by molar-refractivity contribution is 5.95. The minimum Gasteiger partial charge on any atom is -0.368 e. The summed E-state index contributed by atoms with van der Waals surface area (Å²) in [5.74, 6) is 1.05. The van der Waals surface area contributed by atoms with Gasteiger partial charge in [-0.1, -0.05) is 25.6 Å². The van der Waals surface area contributed by atoms with Crippen LogP contribution in [0.3, 0.4) is 0 Å². The monoisotopic (exact) mass is 414 g/mol. The zero-order chi connectivity index (χ0) is 20.5. The number of nitrogens with zero attached hydrogens (tertiary/aromatic N) is 5. The van der Waals surface area contributed by atoms with Gasteiger partial charge in [-0.15, -0.1) is 0 Å². The van der Waals surface area contributed by atoms with Crippen LogP contribution in [-0.2, 0) is 0 Å². The van der Waals surface area contributed by atoms with Gasteiger partial charge in [0, 0.05) is 54.6 Å². The van der Waals surface area contributed by atoms with Crippen molar-refractivity contribution in [3.63, 3.8) is 0 Å². The van der Waals surface area contributed by atoms with Crippen molar-refractivity contribution in [2.75, 3.05) is 36.0 Å². The first-order valence-electron chi connectivity index (χ1n) is 10.0. The second-order valence-electron chi connectivity index (χ2n) is 7.50. The lowest BCUT2D eigenvalue weighted by atomic mass is 10.1. The third kappa shape index (κ3) is 3.99. The molecule has 2 aromatic heterocycles. The summed E-state index contributed by atoms with van der Waals surface area (Å²) in [5, 5.41) is 7.96. The highest BCUT2D eigenvalue weighted by Crippen LogP contribution is 2.29. The third-order valence-corrected chi connectivity index (χ3v) is 5.64. The molecule has 7 nitrogen and oxygen atoms in total. The van der Waals surface area contributed by atoms with Crippen molar-refractivity contribution in [1.29, 1.82) is 0 Å². The van der Waals surface area contributed by atoms with Crippen molar-refractivity contribution >= 4 is 28.2 Å². The Hall–Kier alpha value is -3.74. The predicted octanol–water partition coefficient (Wildman–Crippen LogP) is 4.19. The molecule has 7 heteroatoms. The Balaban J connectivity index is 0.00000231. The van der Waals surface area contributed by atoms with Crippen LogP contribution in [0.15, 0.2) is 61.2 Å². The van der Waals surface area contributed by atoms with Crippen LogP contribution in [0.2, 0.25) is 0 Å². The number of hydrogen-bond acceptors (Lipinski definition) is 6. The van der Waals surface area contributed by atoms with E-state index in [1.807, 2.05) is 36.7 Å². The number of carbonyl (C=O) groups is 1. The molecule has 2 aromatic carbocycles. The Morgan fingerprint density at radius 1 is 0.968 bits per heavy atom. The fourth-order valence-electron chi connectivity index (χ4n) is 3.98. The first-order valence-corrected chi connectivity index (χ1v) is 10.0. The average Bonchev–Trinajstić information content (AvgIpc) is 3.34. The first-order chi connectivity index (χ1) is 14.7. The number of H-pyrrole nitrogens is 1. The number of hydrogen-bond donors (Lipinski definition) is 1. The summed E-state index contributed by atoms with van der Waals surface area (Å²) in [6, 6.07) is 14.1. The zero-order valence-corrected chi connectivity index (χ0v) is 16.7. The highest BCUT2D eigenvalue weighted by Gasteiger charge is 2.21. The minimum atomic E-state index is 0. The van der Waals surface area contributed by atoms with Crippen LogP contribution >= 0.6 is 0 Å². The summed E-state index contributed by atoms with van der Waals surface area (Å²) < 4.78 is 0. The number of piperazine rings is 1. The van der Waals surface area contributed by atoms with Crippen molar-refractivity contribution < 1.29 is 4.79 Å². The molecule has 158 valence electrons. The van der Waals surface area contributed by atoms with Gasteiger partial charge in [0.2, 0.25) is 0 Å². The van der Waals surface area contributed by atoms with E-state index in [1.165, 1.54) is 0 Å². The molecule has 0 spiro atoms. The van der Waals surface area contributed by atoms with Crippen molar-refractivity contribution in [3.05, 3.63) is 66.7 Å². The van der Waals surface area contributed by atoms with E-state index >= 15 is 0 Å². The Kier molecular flexibility index (Phi) is 5.66. The third-order valence-electron chi connectivity index (χ3n) is 5.64. The number of ketones is 1. The number of aromatic amines is 1. The lowest BCUT2D eigenvalue weighted by molar-refractivity contribution is 0.101. The SMILES string of the molecule is C.CC(=O)c1cccc(N2CCN(c3ncnc4ccc(-c5cn[nH]c5)cc34)CC2)c1. The molecule has 1 aliphatic heterocycles. The van der Waals surface area contributed by atoms with Crippen LogP contribution in [0.5, 0.6) is 0 Å². The lowest BCUT2D eigenvalue weighted by Gasteiger charge is -2.37. The lowest BCUT2D eigenvalue weighted by Crippen LogP contribution is -2.47. The Morgan fingerprint density at radius 2 is 1.77 bits per heavy atom. The van der Waals surface area contributed by atoms with Gasteiger partial charge in [-0.3, -0.25) is 9.89 Å². The molecule has 0 unspecified atom stereocenters. The van der Waals surface area contributed by atoms with E-state index in [0.717, 1.165) is 65.3 Å². The van der Waals surface area contributed by atoms with Crippen LogP contribution < -0.4 is 9.80 Å². The smallest absolute Gasteiger partial charge is 0.159 e. The number of nitrogens with one attached hydrogen (secondary N) is 1. The number of carbonyl (C=O) groups excluding carboxylic acids is 1. The fourth-order valence-corrected chi connectivity index (χ4v) is 3.98. The van der Waals surface area contributed by atoms with Gasteiger partial charge >= 0.3 is 0 Å². The number of Topliss-reactive ketones (excluding diaryl/α,β-unsaturated/α-hetero) is 1. The molecule has 3 heterocycles. The van der Waals surface area contributed by atoms with Crippen LogP contribution in [0.4, 0.5) is 11.5 Å². The molecule has 5 rings (SSSR count). The second-order valence-corrected chi connectivity index (χ2v) is 7.50. The maximum Gasteiger partial charge on any atom is 0.159 e. The number of aromatic nitrogens is 4. The molecule has 0 amide bonds. The molecule has 4 aromatic rings. The van der Waals surface area contributed by atoms with Gasteiger partial charge < -0.3 is 9.80 Å². The summed E-state index contributed by atoms with van der Waals surface area (Å²) in [4.78, 5) is 25.4. The summed E-state index contributed by atoms with van der Waals surface area (Å²) in [6.45, 7) is 5.05. The molecule has 31 heavy (non-hydrogen) atoms. The van der Waals surface area contributed by atoms with Crippen LogP contribution in [0.1, 0.15) is 24.7 Å². The van der Waals surface area contributed by atoms with Gasteiger partial charge in [-0.25, -0.2) is 9.97 Å². The number of fused-ring (bicyclic) bond motifs is 1. The average molecular weight is 415 g/mol. The standard InChI is InChI=1S/C23H22N6O.CH4/c1-16(30)17-3-2-4-20(11-17)28-7-9-29(10-8-28)23-21-12-18(19-13-26-27-14-19)5-6-22(21)24-15-25-23;/h2-6,11-15H,7-10H2,1H3,(H,26,27);1H4. The summed E-state index contributed by atoms with van der Waals surface area (Å²) in [7, 11) is 0. The van der Waals surface area contributed by atoms with E-state index in [2.05, 4.69) is 48.2 Å². The molecule has 1 aliphatic rings. The van der Waals surface area contributed by atoms with Crippen LogP contribution in [0.25, 0.3) is 22.0 Å². The van der Waals surface area contributed by atoms with Gasteiger partial charge in [-0.2, -0.15) is 5.10 Å². The molecule has 1 fully saturated rings. The minimum absolute atomic E-state index is 0. The quantitative estimate of drug-likeness (QED) is 0.505. The topological polar surface area (TPSA) is 78.0 Å². The molecule has 0 atom stereocenters. The molecule has 0 bridgehead atoms. The molecule has 0 saturated carbocycles. The van der Waals surface area contributed by atoms with E-state index in [0.29, 0.717) is 0 Å². The number of benzene rings is 2. The van der Waals surface area contributed by atoms with E-state index < -0.39 is 0 Å². The largest absolute Gasteiger partial charge is 0.368 e. The predicted molar refractivity (Wildman–Crippen MR) is 125 cm³/mol. The van der Waals surface area contributed by atoms with Gasteiger partial charge in [0.25, 0.3) is 0 Å². The Morgan fingerprint density at radius 3 is 2.52 bits per heavy atom. The van der Waals surface area contributed by atoms with E-state index in [4.69, 9.17) is 0 Å². The van der Waals surface area contributed by atoms with Crippen LogP contribution in [-0.4, -0.2) is 52.1 Å². The van der Waals surface area contributed by atoms with Crippen molar-refractivity contribution in [3.8, 4) is 11.1 Å². The van der Waals surface area contributed by atoms with Crippen molar-refractivity contribution in [2.24, 2.45) is 0 Å². The Labute approximate surface area is 181 Å².